The number of halogens is 2. The summed E-state index contributed by atoms with van der Waals surface area (Å²) >= 11 is 12.9. The van der Waals surface area contributed by atoms with Gasteiger partial charge in [-0.05, 0) is 29.6 Å². The molecule has 2 aromatic rings. The smallest absolute Gasteiger partial charge is 0.339 e. The molecule has 0 saturated heterocycles. The summed E-state index contributed by atoms with van der Waals surface area (Å²) in [5.41, 5.74) is 0.791. The van der Waals surface area contributed by atoms with Crippen molar-refractivity contribution < 1.29 is 14.3 Å². The number of benzene rings is 1. The van der Waals surface area contributed by atoms with Crippen LogP contribution in [0.1, 0.15) is 20.7 Å². The number of ketones is 1. The van der Waals surface area contributed by atoms with Crippen LogP contribution < -0.4 is 0 Å². The first-order valence-electron chi connectivity index (χ1n) is 5.25. The highest BCUT2D eigenvalue weighted by Crippen LogP contribution is 2.22. The van der Waals surface area contributed by atoms with E-state index in [0.717, 1.165) is 0 Å². The highest BCUT2D eigenvalue weighted by molar-refractivity contribution is 7.08. The summed E-state index contributed by atoms with van der Waals surface area (Å²) in [5.74, 6) is -0.850. The normalized spacial score (nSPS) is 10.2. The number of rotatable bonds is 4. The highest BCUT2D eigenvalue weighted by atomic mass is 35.5. The summed E-state index contributed by atoms with van der Waals surface area (Å²) in [6.45, 7) is -0.327. The maximum Gasteiger partial charge on any atom is 0.339 e. The fourth-order valence-electron chi connectivity index (χ4n) is 1.35. The van der Waals surface area contributed by atoms with Gasteiger partial charge in [0.25, 0.3) is 0 Å². The monoisotopic (exact) mass is 314 g/mol. The van der Waals surface area contributed by atoms with Crippen LogP contribution in [0.2, 0.25) is 10.0 Å². The molecule has 98 valence electrons. The van der Waals surface area contributed by atoms with Crippen LogP contribution in [0.3, 0.4) is 0 Å². The van der Waals surface area contributed by atoms with E-state index in [0.29, 0.717) is 16.1 Å². The molecule has 19 heavy (non-hydrogen) atoms. The summed E-state index contributed by atoms with van der Waals surface area (Å²) in [4.78, 5) is 23.4. The molecule has 0 aliphatic carbocycles. The van der Waals surface area contributed by atoms with Crippen LogP contribution in [0, 0.1) is 0 Å². The third kappa shape index (κ3) is 3.56. The van der Waals surface area contributed by atoms with Crippen molar-refractivity contribution in [1.82, 2.24) is 0 Å². The standard InChI is InChI=1S/C13H8Cl2O3S/c14-10-2-1-8(5-11(10)15)12(16)6-18-13(17)9-3-4-19-7-9/h1-5,7H,6H2. The number of ether oxygens (including phenoxy) is 1. The maximum atomic E-state index is 11.8. The van der Waals surface area contributed by atoms with Gasteiger partial charge in [0.1, 0.15) is 0 Å². The van der Waals surface area contributed by atoms with E-state index < -0.39 is 5.97 Å². The summed E-state index contributed by atoms with van der Waals surface area (Å²) < 4.78 is 4.91. The molecule has 3 nitrogen and oxygen atoms in total. The summed E-state index contributed by atoms with van der Waals surface area (Å²) in [5, 5.41) is 4.08. The molecule has 0 aliphatic heterocycles. The van der Waals surface area contributed by atoms with Gasteiger partial charge in [0.2, 0.25) is 0 Å². The van der Waals surface area contributed by atoms with Crippen molar-refractivity contribution >= 4 is 46.3 Å². The molecule has 0 N–H and O–H groups in total. The van der Waals surface area contributed by atoms with Gasteiger partial charge in [0, 0.05) is 10.9 Å². The molecule has 1 aromatic carbocycles. The van der Waals surface area contributed by atoms with Crippen molar-refractivity contribution in [2.45, 2.75) is 0 Å². The number of carbonyl (C=O) groups excluding carboxylic acids is 2. The molecule has 0 saturated carbocycles. The Labute approximate surface area is 123 Å². The third-order valence-corrected chi connectivity index (χ3v) is 3.76. The van der Waals surface area contributed by atoms with Crippen molar-refractivity contribution in [3.8, 4) is 0 Å². The molecule has 0 radical (unpaired) electrons. The van der Waals surface area contributed by atoms with Crippen molar-refractivity contribution in [2.24, 2.45) is 0 Å². The van der Waals surface area contributed by atoms with Crippen LogP contribution in [-0.2, 0) is 4.74 Å². The molecule has 0 amide bonds. The van der Waals surface area contributed by atoms with Crippen molar-refractivity contribution in [1.29, 1.82) is 0 Å². The Kier molecular flexibility index (Phi) is 4.58. The van der Waals surface area contributed by atoms with Gasteiger partial charge < -0.3 is 4.74 Å². The Bertz CT molecular complexity index is 608. The van der Waals surface area contributed by atoms with E-state index in [-0.39, 0.29) is 17.4 Å². The lowest BCUT2D eigenvalue weighted by atomic mass is 10.1. The zero-order valence-electron chi connectivity index (χ0n) is 9.56. The molecule has 0 aliphatic rings. The lowest BCUT2D eigenvalue weighted by molar-refractivity contribution is 0.0475. The molecule has 6 heteroatoms. The SMILES string of the molecule is O=C(COC(=O)c1ccsc1)c1ccc(Cl)c(Cl)c1. The fraction of sp³-hybridized carbons (Fsp3) is 0.0769. The molecule has 0 atom stereocenters. The number of hydrogen-bond acceptors (Lipinski definition) is 4. The lowest BCUT2D eigenvalue weighted by Gasteiger charge is -2.04. The van der Waals surface area contributed by atoms with Gasteiger partial charge in [-0.3, -0.25) is 4.79 Å². The Morgan fingerprint density at radius 1 is 1.11 bits per heavy atom. The summed E-state index contributed by atoms with van der Waals surface area (Å²) in [7, 11) is 0. The molecule has 0 fully saturated rings. The number of esters is 1. The average molecular weight is 315 g/mol. The summed E-state index contributed by atoms with van der Waals surface area (Å²) in [6, 6.07) is 6.15. The van der Waals surface area contributed by atoms with Crippen LogP contribution in [0.25, 0.3) is 0 Å². The van der Waals surface area contributed by atoms with Gasteiger partial charge in [-0.2, -0.15) is 11.3 Å². The van der Waals surface area contributed by atoms with E-state index >= 15 is 0 Å². The molecule has 1 heterocycles. The molecule has 0 spiro atoms. The summed E-state index contributed by atoms with van der Waals surface area (Å²) in [6.07, 6.45) is 0. The van der Waals surface area contributed by atoms with E-state index in [4.69, 9.17) is 27.9 Å². The molecule has 0 bridgehead atoms. The first-order chi connectivity index (χ1) is 9.08. The van der Waals surface area contributed by atoms with Gasteiger partial charge in [0.05, 0.1) is 15.6 Å². The van der Waals surface area contributed by atoms with E-state index in [1.165, 1.54) is 29.5 Å². The third-order valence-electron chi connectivity index (χ3n) is 2.33. The van der Waals surface area contributed by atoms with Crippen LogP contribution in [-0.4, -0.2) is 18.4 Å². The largest absolute Gasteiger partial charge is 0.454 e. The van der Waals surface area contributed by atoms with Crippen LogP contribution in [0.4, 0.5) is 0 Å². The van der Waals surface area contributed by atoms with Crippen LogP contribution in [0.15, 0.2) is 35.0 Å². The van der Waals surface area contributed by atoms with Gasteiger partial charge in [0.15, 0.2) is 12.4 Å². The van der Waals surface area contributed by atoms with Crippen molar-refractivity contribution in [2.75, 3.05) is 6.61 Å². The minimum absolute atomic E-state index is 0.289. The van der Waals surface area contributed by atoms with Gasteiger partial charge in [-0.25, -0.2) is 4.79 Å². The van der Waals surface area contributed by atoms with E-state index in [2.05, 4.69) is 0 Å². The predicted octanol–water partition coefficient (Wildman–Crippen LogP) is 4.09. The zero-order chi connectivity index (χ0) is 13.8. The second kappa shape index (κ2) is 6.19. The van der Waals surface area contributed by atoms with Crippen molar-refractivity contribution in [3.63, 3.8) is 0 Å². The lowest BCUT2D eigenvalue weighted by Crippen LogP contribution is -2.13. The van der Waals surface area contributed by atoms with Gasteiger partial charge in [-0.15, -0.1) is 0 Å². The molecule has 1 aromatic heterocycles. The first-order valence-corrected chi connectivity index (χ1v) is 6.95. The average Bonchev–Trinajstić information content (AvgIpc) is 2.92. The second-order valence-corrected chi connectivity index (χ2v) is 5.23. The molecule has 2 rings (SSSR count). The number of Topliss-reactive ketones (excluding diaryl/α,β-unsaturated/α-hetero) is 1. The molecular formula is C13H8Cl2O3S. The Hall–Kier alpha value is -1.36. The van der Waals surface area contributed by atoms with E-state index in [1.807, 2.05) is 0 Å². The van der Waals surface area contributed by atoms with Crippen LogP contribution in [0.5, 0.6) is 0 Å². The fourth-order valence-corrected chi connectivity index (χ4v) is 2.27. The zero-order valence-corrected chi connectivity index (χ0v) is 11.9. The second-order valence-electron chi connectivity index (χ2n) is 3.64. The first kappa shape index (κ1) is 14.1. The van der Waals surface area contributed by atoms with Crippen LogP contribution >= 0.6 is 34.5 Å². The number of hydrogen-bond donors (Lipinski definition) is 0. The topological polar surface area (TPSA) is 43.4 Å². The highest BCUT2D eigenvalue weighted by Gasteiger charge is 2.13. The maximum absolute atomic E-state index is 11.8. The van der Waals surface area contributed by atoms with Gasteiger partial charge in [-0.1, -0.05) is 23.2 Å². The number of carbonyl (C=O) groups is 2. The minimum Gasteiger partial charge on any atom is -0.454 e. The Morgan fingerprint density at radius 3 is 2.53 bits per heavy atom. The predicted molar refractivity (Wildman–Crippen MR) is 75.4 cm³/mol. The molecule has 0 unspecified atom stereocenters. The molecular weight excluding hydrogens is 307 g/mol. The van der Waals surface area contributed by atoms with Gasteiger partial charge >= 0.3 is 5.97 Å². The minimum atomic E-state index is -0.519. The Morgan fingerprint density at radius 2 is 1.89 bits per heavy atom. The van der Waals surface area contributed by atoms with E-state index in [9.17, 15) is 9.59 Å². The van der Waals surface area contributed by atoms with E-state index in [1.54, 1.807) is 16.8 Å². The van der Waals surface area contributed by atoms with Crippen molar-refractivity contribution in [3.05, 3.63) is 56.2 Å². The Balaban J connectivity index is 1.98. The quantitative estimate of drug-likeness (QED) is 0.630. The number of thiophene rings is 1.